The number of allylic oxidation sites excluding steroid dienone is 4. The van der Waals surface area contributed by atoms with Crippen LogP contribution in [-0.2, 0) is 23.1 Å². The zero-order valence-corrected chi connectivity index (χ0v) is 17.9. The Bertz CT molecular complexity index is 1160. The van der Waals surface area contributed by atoms with Gasteiger partial charge in [-0.3, -0.25) is 4.79 Å². The molecular formula is C29H26O3. The van der Waals surface area contributed by atoms with E-state index in [0.717, 1.165) is 44.5 Å². The molecule has 0 spiro atoms. The molecule has 0 unspecified atom stereocenters. The van der Waals surface area contributed by atoms with E-state index < -0.39 is 5.41 Å². The molecule has 5 rings (SSSR count). The first-order valence-corrected chi connectivity index (χ1v) is 11.1. The normalized spacial score (nSPS) is 16.2. The van der Waals surface area contributed by atoms with Gasteiger partial charge in [-0.1, -0.05) is 84.9 Å². The van der Waals surface area contributed by atoms with Crippen molar-refractivity contribution < 1.29 is 15.0 Å². The molecule has 160 valence electrons. The van der Waals surface area contributed by atoms with E-state index in [9.17, 15) is 15.0 Å². The molecule has 32 heavy (non-hydrogen) atoms. The van der Waals surface area contributed by atoms with E-state index in [-0.39, 0.29) is 19.0 Å². The number of benzene rings is 3. The molecule has 0 fully saturated rings. The van der Waals surface area contributed by atoms with E-state index in [2.05, 4.69) is 66.7 Å². The highest BCUT2D eigenvalue weighted by molar-refractivity contribution is 6.14. The fraction of sp³-hybridized carbons (Fsp3) is 0.207. The number of aliphatic hydroxyl groups excluding tert-OH is 2. The predicted molar refractivity (Wildman–Crippen MR) is 126 cm³/mol. The Kier molecular flexibility index (Phi) is 5.38. The molecule has 0 radical (unpaired) electrons. The van der Waals surface area contributed by atoms with E-state index in [0.29, 0.717) is 19.3 Å². The Hall–Kier alpha value is -3.27. The average Bonchev–Trinajstić information content (AvgIpc) is 3.13. The summed E-state index contributed by atoms with van der Waals surface area (Å²) in [7, 11) is 0. The van der Waals surface area contributed by atoms with Crippen LogP contribution in [0.25, 0.3) is 5.57 Å². The molecule has 2 aliphatic rings. The average molecular weight is 423 g/mol. The third kappa shape index (κ3) is 3.09. The van der Waals surface area contributed by atoms with Crippen LogP contribution in [0.2, 0.25) is 0 Å². The molecule has 3 heteroatoms. The smallest absolute Gasteiger partial charge is 0.164 e. The zero-order valence-electron chi connectivity index (χ0n) is 17.9. The number of Topliss-reactive ketones (excluding diaryl/α,β-unsaturated/α-hetero) is 1. The maximum Gasteiger partial charge on any atom is 0.164 e. The summed E-state index contributed by atoms with van der Waals surface area (Å²) in [5.74, 6) is 0.151. The molecular weight excluding hydrogens is 396 g/mol. The molecule has 0 amide bonds. The lowest BCUT2D eigenvalue weighted by Gasteiger charge is -2.35. The van der Waals surface area contributed by atoms with Gasteiger partial charge in [0.15, 0.2) is 5.78 Å². The second kappa shape index (κ2) is 8.34. The Morgan fingerprint density at radius 3 is 1.88 bits per heavy atom. The molecule has 0 atom stereocenters. The highest BCUT2D eigenvalue weighted by atomic mass is 16.3. The summed E-state index contributed by atoms with van der Waals surface area (Å²) in [6.45, 7) is 0.219. The monoisotopic (exact) mass is 422 g/mol. The number of hydrogen-bond acceptors (Lipinski definition) is 3. The largest absolute Gasteiger partial charge is 0.396 e. The van der Waals surface area contributed by atoms with Crippen molar-refractivity contribution in [2.75, 3.05) is 13.2 Å². The van der Waals surface area contributed by atoms with Crippen LogP contribution in [0.4, 0.5) is 0 Å². The molecule has 3 aromatic carbocycles. The van der Waals surface area contributed by atoms with E-state index >= 15 is 0 Å². The van der Waals surface area contributed by atoms with Crippen LogP contribution in [0.5, 0.6) is 0 Å². The van der Waals surface area contributed by atoms with Gasteiger partial charge < -0.3 is 10.2 Å². The van der Waals surface area contributed by atoms with E-state index in [1.807, 2.05) is 18.2 Å². The van der Waals surface area contributed by atoms with Gasteiger partial charge in [0, 0.05) is 25.2 Å². The van der Waals surface area contributed by atoms with Gasteiger partial charge in [-0.2, -0.15) is 0 Å². The van der Waals surface area contributed by atoms with Crippen LogP contribution in [0.3, 0.4) is 0 Å². The van der Waals surface area contributed by atoms with Gasteiger partial charge in [-0.25, -0.2) is 0 Å². The number of carbonyl (C=O) groups is 1. The molecule has 3 nitrogen and oxygen atoms in total. The molecule has 0 heterocycles. The molecule has 2 N–H and O–H groups in total. The molecule has 0 saturated carbocycles. The van der Waals surface area contributed by atoms with Crippen LogP contribution in [0, 0.1) is 0 Å². The summed E-state index contributed by atoms with van der Waals surface area (Å²) in [5, 5.41) is 18.7. The third-order valence-electron chi connectivity index (χ3n) is 6.71. The molecule has 0 aromatic heterocycles. The minimum absolute atomic E-state index is 0.109. The number of carbonyl (C=O) groups excluding carboxylic acids is 1. The van der Waals surface area contributed by atoms with Crippen molar-refractivity contribution in [3.05, 3.63) is 124 Å². The highest BCUT2D eigenvalue weighted by Crippen LogP contribution is 2.56. The minimum atomic E-state index is -0.691. The summed E-state index contributed by atoms with van der Waals surface area (Å²) in [5.41, 5.74) is 7.62. The van der Waals surface area contributed by atoms with Crippen molar-refractivity contribution in [1.82, 2.24) is 0 Å². The van der Waals surface area contributed by atoms with Gasteiger partial charge >= 0.3 is 0 Å². The Labute approximate surface area is 188 Å². The zero-order chi connectivity index (χ0) is 22.1. The molecule has 0 saturated heterocycles. The lowest BCUT2D eigenvalue weighted by molar-refractivity contribution is -0.115. The minimum Gasteiger partial charge on any atom is -0.396 e. The van der Waals surface area contributed by atoms with Crippen molar-refractivity contribution in [2.24, 2.45) is 0 Å². The lowest BCUT2D eigenvalue weighted by Crippen LogP contribution is -2.33. The quantitative estimate of drug-likeness (QED) is 0.620. The second-order valence-electron chi connectivity index (χ2n) is 8.45. The van der Waals surface area contributed by atoms with Gasteiger partial charge in [0.1, 0.15) is 0 Å². The summed E-state index contributed by atoms with van der Waals surface area (Å²) in [6, 6.07) is 24.9. The molecule has 3 aromatic rings. The van der Waals surface area contributed by atoms with Crippen LogP contribution >= 0.6 is 0 Å². The van der Waals surface area contributed by atoms with Gasteiger partial charge in [-0.05, 0) is 51.8 Å². The Balaban J connectivity index is 1.81. The Morgan fingerprint density at radius 1 is 0.750 bits per heavy atom. The fourth-order valence-electron chi connectivity index (χ4n) is 5.30. The maximum absolute atomic E-state index is 13.5. The van der Waals surface area contributed by atoms with Gasteiger partial charge in [0.25, 0.3) is 0 Å². The Morgan fingerprint density at radius 2 is 1.31 bits per heavy atom. The van der Waals surface area contributed by atoms with Crippen LogP contribution in [0.15, 0.2) is 90.5 Å². The number of hydrogen-bond donors (Lipinski definition) is 2. The van der Waals surface area contributed by atoms with Crippen molar-refractivity contribution >= 4 is 11.4 Å². The number of aliphatic hydroxyl groups is 2. The van der Waals surface area contributed by atoms with Crippen LogP contribution in [-0.4, -0.2) is 29.2 Å². The lowest BCUT2D eigenvalue weighted by atomic mass is 9.65. The first kappa shape index (κ1) is 20.6. The second-order valence-corrected chi connectivity index (χ2v) is 8.45. The summed E-state index contributed by atoms with van der Waals surface area (Å²) in [6.07, 6.45) is 5.67. The van der Waals surface area contributed by atoms with Gasteiger partial charge in [-0.15, -0.1) is 0 Å². The summed E-state index contributed by atoms with van der Waals surface area (Å²) < 4.78 is 0. The number of ketones is 1. The third-order valence-corrected chi connectivity index (χ3v) is 6.71. The van der Waals surface area contributed by atoms with Crippen LogP contribution in [0.1, 0.15) is 39.8 Å². The maximum atomic E-state index is 13.5. The number of fused-ring (bicyclic) bond motifs is 2. The highest BCUT2D eigenvalue weighted by Gasteiger charge is 2.50. The summed E-state index contributed by atoms with van der Waals surface area (Å²) >= 11 is 0. The number of rotatable bonds is 6. The molecule has 0 aliphatic heterocycles. The SMILES string of the molecule is O=C1CC=CC2=C1C(c1ccc(CCO)cc1)(c1ccc(CCO)cc1)c1ccccc12. The fourth-order valence-corrected chi connectivity index (χ4v) is 5.30. The molecule has 0 bridgehead atoms. The van der Waals surface area contributed by atoms with Crippen molar-refractivity contribution in [2.45, 2.75) is 24.7 Å². The summed E-state index contributed by atoms with van der Waals surface area (Å²) in [4.78, 5) is 13.5. The van der Waals surface area contributed by atoms with E-state index in [1.54, 1.807) is 0 Å². The van der Waals surface area contributed by atoms with Gasteiger partial charge in [0.05, 0.1) is 5.41 Å². The first-order valence-electron chi connectivity index (χ1n) is 11.1. The first-order chi connectivity index (χ1) is 15.7. The predicted octanol–water partition coefficient (Wildman–Crippen LogP) is 4.39. The topological polar surface area (TPSA) is 57.5 Å². The van der Waals surface area contributed by atoms with E-state index in [1.165, 1.54) is 0 Å². The van der Waals surface area contributed by atoms with Crippen molar-refractivity contribution in [3.63, 3.8) is 0 Å². The van der Waals surface area contributed by atoms with Crippen molar-refractivity contribution in [3.8, 4) is 0 Å². The van der Waals surface area contributed by atoms with E-state index in [4.69, 9.17) is 0 Å². The molecule has 2 aliphatic carbocycles. The van der Waals surface area contributed by atoms with Crippen molar-refractivity contribution in [1.29, 1.82) is 0 Å². The van der Waals surface area contributed by atoms with Gasteiger partial charge in [0.2, 0.25) is 0 Å². The van der Waals surface area contributed by atoms with Crippen LogP contribution < -0.4 is 0 Å². The standard InChI is InChI=1S/C29H26O3/c30-18-16-20-8-12-22(13-9-20)29(23-14-10-21(11-15-23)17-19-31)26-6-2-1-4-24(26)25-5-3-7-27(32)28(25)29/h1-6,8-15,30-31H,7,16-19H2.